The van der Waals surface area contributed by atoms with Crippen LogP contribution in [0.25, 0.3) is 0 Å². The number of hydrogen-bond donors (Lipinski definition) is 1. The zero-order valence-corrected chi connectivity index (χ0v) is 10.1. The minimum absolute atomic E-state index is 0.0251. The fraction of sp³-hybridized carbons (Fsp3) is 0.571. The molecule has 1 saturated carbocycles. The van der Waals surface area contributed by atoms with Crippen molar-refractivity contribution in [1.82, 2.24) is 0 Å². The van der Waals surface area contributed by atoms with Gasteiger partial charge in [0.25, 0.3) is 0 Å². The normalized spacial score (nSPS) is 26.0. The van der Waals surface area contributed by atoms with E-state index in [1.807, 2.05) is 0 Å². The van der Waals surface area contributed by atoms with Crippen molar-refractivity contribution in [3.05, 3.63) is 30.1 Å². The van der Waals surface area contributed by atoms with Gasteiger partial charge in [-0.25, -0.2) is 4.39 Å². The Hall–Kier alpha value is -1.09. The molecule has 3 heteroatoms. The molecule has 0 spiro atoms. The summed E-state index contributed by atoms with van der Waals surface area (Å²) in [6.45, 7) is 0. The van der Waals surface area contributed by atoms with E-state index in [4.69, 9.17) is 10.5 Å². The molecule has 1 fully saturated rings. The van der Waals surface area contributed by atoms with Crippen LogP contribution in [0.4, 0.5) is 4.39 Å². The number of benzene rings is 1. The summed E-state index contributed by atoms with van der Waals surface area (Å²) in [5, 5.41) is 0. The van der Waals surface area contributed by atoms with E-state index >= 15 is 0 Å². The molecule has 94 valence electrons. The summed E-state index contributed by atoms with van der Waals surface area (Å²) in [5.74, 6) is 0.327. The van der Waals surface area contributed by atoms with E-state index in [9.17, 15) is 4.39 Å². The van der Waals surface area contributed by atoms with E-state index in [-0.39, 0.29) is 18.0 Å². The van der Waals surface area contributed by atoms with Gasteiger partial charge < -0.3 is 10.5 Å². The van der Waals surface area contributed by atoms with Gasteiger partial charge in [0.15, 0.2) is 0 Å². The third-order valence-corrected chi connectivity index (χ3v) is 3.34. The van der Waals surface area contributed by atoms with E-state index in [0.717, 1.165) is 19.3 Å². The largest absolute Gasteiger partial charge is 0.489 e. The van der Waals surface area contributed by atoms with Crippen LogP contribution in [0, 0.1) is 5.82 Å². The zero-order chi connectivity index (χ0) is 12.1. The summed E-state index contributed by atoms with van der Waals surface area (Å²) in [4.78, 5) is 0. The lowest BCUT2D eigenvalue weighted by Crippen LogP contribution is -2.39. The lowest BCUT2D eigenvalue weighted by molar-refractivity contribution is 0.144. The Bertz CT molecular complexity index is 356. The van der Waals surface area contributed by atoms with Crippen molar-refractivity contribution in [3.63, 3.8) is 0 Å². The maximum absolute atomic E-state index is 13.1. The number of ether oxygens (including phenoxy) is 1. The van der Waals surface area contributed by atoms with Crippen molar-refractivity contribution in [2.24, 2.45) is 5.73 Å². The molecule has 0 bridgehead atoms. The summed E-state index contributed by atoms with van der Waals surface area (Å²) in [6.07, 6.45) is 6.82. The number of hydrogen-bond acceptors (Lipinski definition) is 2. The van der Waals surface area contributed by atoms with Crippen LogP contribution in [0.15, 0.2) is 24.3 Å². The topological polar surface area (TPSA) is 35.2 Å². The second-order valence-electron chi connectivity index (χ2n) is 4.77. The van der Waals surface area contributed by atoms with Crippen molar-refractivity contribution >= 4 is 0 Å². The van der Waals surface area contributed by atoms with Gasteiger partial charge in [-0.2, -0.15) is 0 Å². The molecule has 2 nitrogen and oxygen atoms in total. The molecule has 0 aliphatic heterocycles. The SMILES string of the molecule is NC1CCCCCCC1Oc1cccc(F)c1. The number of rotatable bonds is 2. The highest BCUT2D eigenvalue weighted by atomic mass is 19.1. The summed E-state index contributed by atoms with van der Waals surface area (Å²) < 4.78 is 18.9. The second-order valence-corrected chi connectivity index (χ2v) is 4.77. The van der Waals surface area contributed by atoms with Gasteiger partial charge in [-0.05, 0) is 31.4 Å². The highest BCUT2D eigenvalue weighted by Crippen LogP contribution is 2.22. The van der Waals surface area contributed by atoms with Gasteiger partial charge in [-0.3, -0.25) is 0 Å². The Morgan fingerprint density at radius 3 is 2.65 bits per heavy atom. The molecule has 0 heterocycles. The molecule has 2 rings (SSSR count). The molecule has 1 aromatic rings. The standard InChI is InChI=1S/C14H20FNO/c15-11-6-5-7-12(10-11)17-14-9-4-2-1-3-8-13(14)16/h5-7,10,13-14H,1-4,8-9,16H2. The van der Waals surface area contributed by atoms with E-state index < -0.39 is 0 Å². The highest BCUT2D eigenvalue weighted by molar-refractivity contribution is 5.22. The van der Waals surface area contributed by atoms with Crippen molar-refractivity contribution in [2.75, 3.05) is 0 Å². The van der Waals surface area contributed by atoms with E-state index in [2.05, 4.69) is 0 Å². The number of halogens is 1. The van der Waals surface area contributed by atoms with Crippen molar-refractivity contribution in [2.45, 2.75) is 50.7 Å². The highest BCUT2D eigenvalue weighted by Gasteiger charge is 2.21. The third kappa shape index (κ3) is 3.70. The molecule has 0 saturated heterocycles. The summed E-state index contributed by atoms with van der Waals surface area (Å²) >= 11 is 0. The summed E-state index contributed by atoms with van der Waals surface area (Å²) in [7, 11) is 0. The molecule has 2 atom stereocenters. The van der Waals surface area contributed by atoms with Crippen LogP contribution >= 0.6 is 0 Å². The van der Waals surface area contributed by atoms with Crippen LogP contribution in [0.2, 0.25) is 0 Å². The molecule has 2 N–H and O–H groups in total. The van der Waals surface area contributed by atoms with Gasteiger partial charge in [0, 0.05) is 12.1 Å². The molecule has 0 aromatic heterocycles. The average molecular weight is 237 g/mol. The molecule has 1 aromatic carbocycles. The Balaban J connectivity index is 1.99. The summed E-state index contributed by atoms with van der Waals surface area (Å²) in [5.41, 5.74) is 6.12. The van der Waals surface area contributed by atoms with Crippen molar-refractivity contribution < 1.29 is 9.13 Å². The van der Waals surface area contributed by atoms with Crippen molar-refractivity contribution in [3.8, 4) is 5.75 Å². The first-order valence-corrected chi connectivity index (χ1v) is 6.43. The fourth-order valence-electron chi connectivity index (χ4n) is 2.34. The first-order valence-electron chi connectivity index (χ1n) is 6.43. The molecule has 0 radical (unpaired) electrons. The quantitative estimate of drug-likeness (QED) is 0.857. The van der Waals surface area contributed by atoms with E-state index in [1.54, 1.807) is 12.1 Å². The van der Waals surface area contributed by atoms with Gasteiger partial charge in [0.1, 0.15) is 17.7 Å². The molecule has 2 unspecified atom stereocenters. The predicted molar refractivity (Wildman–Crippen MR) is 66.5 cm³/mol. The minimum Gasteiger partial charge on any atom is -0.489 e. The van der Waals surface area contributed by atoms with Gasteiger partial charge in [0.05, 0.1) is 0 Å². The van der Waals surface area contributed by atoms with Crippen LogP contribution < -0.4 is 10.5 Å². The van der Waals surface area contributed by atoms with Crippen LogP contribution in [0.1, 0.15) is 38.5 Å². The smallest absolute Gasteiger partial charge is 0.126 e. The van der Waals surface area contributed by atoms with Crippen molar-refractivity contribution in [1.29, 1.82) is 0 Å². The van der Waals surface area contributed by atoms with Gasteiger partial charge in [-0.1, -0.05) is 25.3 Å². The van der Waals surface area contributed by atoms with Gasteiger partial charge >= 0.3 is 0 Å². The van der Waals surface area contributed by atoms with Crippen LogP contribution in [-0.2, 0) is 0 Å². The van der Waals surface area contributed by atoms with Crippen LogP contribution in [-0.4, -0.2) is 12.1 Å². The molecule has 0 amide bonds. The minimum atomic E-state index is -0.262. The zero-order valence-electron chi connectivity index (χ0n) is 10.1. The predicted octanol–water partition coefficient (Wildman–Crippen LogP) is 3.25. The maximum atomic E-state index is 13.1. The first kappa shape index (κ1) is 12.4. The molecule has 1 aliphatic rings. The van der Waals surface area contributed by atoms with E-state index in [1.165, 1.54) is 31.4 Å². The molecular formula is C14H20FNO. The molecule has 17 heavy (non-hydrogen) atoms. The van der Waals surface area contributed by atoms with Gasteiger partial charge in [0.2, 0.25) is 0 Å². The maximum Gasteiger partial charge on any atom is 0.126 e. The Kier molecular flexibility index (Phi) is 4.37. The fourth-order valence-corrected chi connectivity index (χ4v) is 2.34. The monoisotopic (exact) mass is 237 g/mol. The lowest BCUT2D eigenvalue weighted by Gasteiger charge is -2.27. The Morgan fingerprint density at radius 1 is 1.12 bits per heavy atom. The lowest BCUT2D eigenvalue weighted by atomic mass is 9.95. The van der Waals surface area contributed by atoms with E-state index in [0.29, 0.717) is 5.75 Å². The number of nitrogens with two attached hydrogens (primary N) is 1. The Labute approximate surface area is 102 Å². The van der Waals surface area contributed by atoms with Crippen LogP contribution in [0.3, 0.4) is 0 Å². The van der Waals surface area contributed by atoms with Crippen LogP contribution in [0.5, 0.6) is 5.75 Å². The average Bonchev–Trinajstić information content (AvgIpc) is 2.29. The molecular weight excluding hydrogens is 217 g/mol. The Morgan fingerprint density at radius 2 is 1.88 bits per heavy atom. The summed E-state index contributed by atoms with van der Waals surface area (Å²) in [6, 6.07) is 6.36. The third-order valence-electron chi connectivity index (χ3n) is 3.34. The first-order chi connectivity index (χ1) is 8.25. The second kappa shape index (κ2) is 6.01. The van der Waals surface area contributed by atoms with Gasteiger partial charge in [-0.15, -0.1) is 0 Å². The molecule has 1 aliphatic carbocycles.